The molecule has 0 radical (unpaired) electrons. The van der Waals surface area contributed by atoms with Crippen molar-refractivity contribution >= 4 is 17.2 Å². The second kappa shape index (κ2) is 9.32. The molecule has 0 bridgehead atoms. The smallest absolute Gasteiger partial charge is 0.251 e. The van der Waals surface area contributed by atoms with Gasteiger partial charge in [-0.1, -0.05) is 39.0 Å². The number of rotatable bonds is 6. The predicted octanol–water partition coefficient (Wildman–Crippen LogP) is 4.55. The number of thiazole rings is 1. The predicted molar refractivity (Wildman–Crippen MR) is 124 cm³/mol. The maximum absolute atomic E-state index is 12.9. The minimum Gasteiger partial charge on any atom is -0.342 e. The van der Waals surface area contributed by atoms with Gasteiger partial charge < -0.3 is 5.32 Å². The van der Waals surface area contributed by atoms with Crippen molar-refractivity contribution in [3.8, 4) is 0 Å². The molecule has 0 aliphatic carbocycles. The van der Waals surface area contributed by atoms with E-state index in [2.05, 4.69) is 46.2 Å². The molecule has 0 saturated carbocycles. The maximum Gasteiger partial charge on any atom is 0.251 e. The summed E-state index contributed by atoms with van der Waals surface area (Å²) in [5.41, 5.74) is 3.18. The van der Waals surface area contributed by atoms with Crippen molar-refractivity contribution < 1.29 is 4.79 Å². The molecule has 1 aliphatic rings. The maximum atomic E-state index is 12.9. The summed E-state index contributed by atoms with van der Waals surface area (Å²) < 4.78 is 0. The Balaban J connectivity index is 1.50. The number of carbonyl (C=O) groups excluding carboxylic acids is 1. The van der Waals surface area contributed by atoms with Gasteiger partial charge in [0.1, 0.15) is 5.01 Å². The van der Waals surface area contributed by atoms with E-state index in [9.17, 15) is 4.79 Å². The number of aromatic nitrogens is 3. The molecular weight excluding hydrogens is 406 g/mol. The van der Waals surface area contributed by atoms with Gasteiger partial charge >= 0.3 is 0 Å². The lowest BCUT2D eigenvalue weighted by Gasteiger charge is -2.37. The first kappa shape index (κ1) is 21.7. The zero-order chi connectivity index (χ0) is 21.8. The number of likely N-dealkylation sites (tertiary alicyclic amines) is 1. The van der Waals surface area contributed by atoms with Crippen molar-refractivity contribution in [3.05, 3.63) is 69.9 Å². The van der Waals surface area contributed by atoms with Crippen molar-refractivity contribution in [2.45, 2.75) is 51.6 Å². The van der Waals surface area contributed by atoms with Crippen molar-refractivity contribution in [1.82, 2.24) is 25.4 Å². The van der Waals surface area contributed by atoms with Crippen LogP contribution in [0.5, 0.6) is 0 Å². The molecule has 7 heteroatoms. The Morgan fingerprint density at radius 3 is 2.84 bits per heavy atom. The van der Waals surface area contributed by atoms with E-state index in [1.807, 2.05) is 48.1 Å². The number of piperidine rings is 1. The van der Waals surface area contributed by atoms with Crippen LogP contribution in [0.3, 0.4) is 0 Å². The van der Waals surface area contributed by atoms with Crippen LogP contribution in [-0.4, -0.2) is 39.1 Å². The molecule has 1 amide bonds. The quantitative estimate of drug-likeness (QED) is 0.593. The highest BCUT2D eigenvalue weighted by Crippen LogP contribution is 2.33. The Kier molecular flexibility index (Phi) is 6.53. The molecule has 4 rings (SSSR count). The van der Waals surface area contributed by atoms with E-state index in [-0.39, 0.29) is 17.4 Å². The number of benzene rings is 1. The van der Waals surface area contributed by atoms with Crippen LogP contribution >= 0.6 is 11.3 Å². The Morgan fingerprint density at radius 2 is 2.13 bits per heavy atom. The molecular formula is C24H31N5OS. The van der Waals surface area contributed by atoms with Gasteiger partial charge in [0.2, 0.25) is 0 Å². The van der Waals surface area contributed by atoms with Gasteiger partial charge in [-0.2, -0.15) is 5.10 Å². The minimum absolute atomic E-state index is 0.0358. The summed E-state index contributed by atoms with van der Waals surface area (Å²) in [6.07, 6.45) is 5.97. The van der Waals surface area contributed by atoms with E-state index < -0.39 is 0 Å². The summed E-state index contributed by atoms with van der Waals surface area (Å²) in [6, 6.07) is 9.35. The highest BCUT2D eigenvalue weighted by molar-refractivity contribution is 7.09. The van der Waals surface area contributed by atoms with Gasteiger partial charge in [-0.15, -0.1) is 11.3 Å². The molecule has 2 unspecified atom stereocenters. The first-order valence-corrected chi connectivity index (χ1v) is 11.8. The van der Waals surface area contributed by atoms with Crippen LogP contribution in [-0.2, 0) is 12.0 Å². The molecule has 1 aliphatic heterocycles. The molecule has 1 saturated heterocycles. The average molecular weight is 438 g/mol. The number of nitrogens with zero attached hydrogens (tertiary/aromatic N) is 3. The third-order valence-corrected chi connectivity index (χ3v) is 6.77. The van der Waals surface area contributed by atoms with Crippen LogP contribution in [0.4, 0.5) is 0 Å². The standard InChI is InChI=1S/C24H31N5OS/c1-24(2,3)21-19(14-26-28-21)16-29-12-7-10-18(15-29)20(23-25-11-13-31-23)27-22(30)17-8-5-4-6-9-17/h4-6,8-9,11,13-14,18,20H,7,10,12,15-16H2,1-3H3,(H,26,28)(H,27,30). The number of amides is 1. The third-order valence-electron chi connectivity index (χ3n) is 5.92. The Hall–Kier alpha value is -2.51. The van der Waals surface area contributed by atoms with Crippen molar-refractivity contribution in [3.63, 3.8) is 0 Å². The van der Waals surface area contributed by atoms with E-state index in [0.29, 0.717) is 11.5 Å². The highest BCUT2D eigenvalue weighted by atomic mass is 32.1. The van der Waals surface area contributed by atoms with Crippen molar-refractivity contribution in [2.24, 2.45) is 5.92 Å². The zero-order valence-electron chi connectivity index (χ0n) is 18.5. The van der Waals surface area contributed by atoms with Gasteiger partial charge in [0.05, 0.1) is 12.2 Å². The van der Waals surface area contributed by atoms with Crippen molar-refractivity contribution in [2.75, 3.05) is 13.1 Å². The average Bonchev–Trinajstić information content (AvgIpc) is 3.45. The number of hydrogen-bond acceptors (Lipinski definition) is 5. The molecule has 1 aromatic carbocycles. The molecule has 6 nitrogen and oxygen atoms in total. The lowest BCUT2D eigenvalue weighted by molar-refractivity contribution is 0.0877. The molecule has 0 spiro atoms. The van der Waals surface area contributed by atoms with Crippen LogP contribution in [0.2, 0.25) is 0 Å². The number of H-pyrrole nitrogens is 1. The molecule has 164 valence electrons. The summed E-state index contributed by atoms with van der Waals surface area (Å²) in [5.74, 6) is 0.278. The van der Waals surface area contributed by atoms with E-state index in [1.165, 1.54) is 11.3 Å². The van der Waals surface area contributed by atoms with Crippen LogP contribution in [0.15, 0.2) is 48.1 Å². The Morgan fingerprint density at radius 1 is 1.32 bits per heavy atom. The molecule has 2 N–H and O–H groups in total. The summed E-state index contributed by atoms with van der Waals surface area (Å²) in [6.45, 7) is 9.48. The van der Waals surface area contributed by atoms with E-state index in [1.54, 1.807) is 11.3 Å². The first-order valence-electron chi connectivity index (χ1n) is 10.9. The van der Waals surface area contributed by atoms with Crippen LogP contribution < -0.4 is 5.32 Å². The SMILES string of the molecule is CC(C)(C)c1[nH]ncc1CN1CCCC(C(NC(=O)c2ccccc2)c2nccs2)C1. The van der Waals surface area contributed by atoms with Gasteiger partial charge in [0, 0.05) is 46.9 Å². The molecule has 3 aromatic rings. The summed E-state index contributed by atoms with van der Waals surface area (Å²) >= 11 is 1.61. The van der Waals surface area contributed by atoms with Crippen LogP contribution in [0.1, 0.15) is 66.3 Å². The molecule has 3 heterocycles. The minimum atomic E-state index is -0.0815. The lowest BCUT2D eigenvalue weighted by atomic mass is 9.88. The fraction of sp³-hybridized carbons (Fsp3) is 0.458. The molecule has 31 heavy (non-hydrogen) atoms. The number of aromatic amines is 1. The zero-order valence-corrected chi connectivity index (χ0v) is 19.3. The van der Waals surface area contributed by atoms with E-state index >= 15 is 0 Å². The second-order valence-corrected chi connectivity index (χ2v) is 10.3. The molecule has 1 fully saturated rings. The largest absolute Gasteiger partial charge is 0.342 e. The summed E-state index contributed by atoms with van der Waals surface area (Å²) in [5, 5.41) is 13.7. The fourth-order valence-electron chi connectivity index (χ4n) is 4.41. The fourth-order valence-corrected chi connectivity index (χ4v) is 5.19. The molecule has 2 aromatic heterocycles. The van der Waals surface area contributed by atoms with Gasteiger partial charge in [0.25, 0.3) is 5.91 Å². The summed E-state index contributed by atoms with van der Waals surface area (Å²) in [4.78, 5) is 20.0. The van der Waals surface area contributed by atoms with Crippen LogP contribution in [0.25, 0.3) is 0 Å². The monoisotopic (exact) mass is 437 g/mol. The number of hydrogen-bond donors (Lipinski definition) is 2. The summed E-state index contributed by atoms with van der Waals surface area (Å²) in [7, 11) is 0. The third kappa shape index (κ3) is 5.22. The Bertz CT molecular complexity index is 977. The first-order chi connectivity index (χ1) is 14.9. The topological polar surface area (TPSA) is 73.9 Å². The normalized spacial score (nSPS) is 18.6. The van der Waals surface area contributed by atoms with E-state index in [4.69, 9.17) is 0 Å². The van der Waals surface area contributed by atoms with Gasteiger partial charge in [-0.05, 0) is 37.4 Å². The van der Waals surface area contributed by atoms with Gasteiger partial charge in [-0.3, -0.25) is 14.8 Å². The van der Waals surface area contributed by atoms with Gasteiger partial charge in [0.15, 0.2) is 0 Å². The van der Waals surface area contributed by atoms with Crippen LogP contribution in [0, 0.1) is 5.92 Å². The highest BCUT2D eigenvalue weighted by Gasteiger charge is 2.32. The lowest BCUT2D eigenvalue weighted by Crippen LogP contribution is -2.42. The second-order valence-electron chi connectivity index (χ2n) is 9.35. The molecule has 2 atom stereocenters. The number of nitrogens with one attached hydrogen (secondary N) is 2. The van der Waals surface area contributed by atoms with E-state index in [0.717, 1.165) is 37.5 Å². The van der Waals surface area contributed by atoms with Crippen molar-refractivity contribution in [1.29, 1.82) is 0 Å². The van der Waals surface area contributed by atoms with Gasteiger partial charge in [-0.25, -0.2) is 4.98 Å². The Labute approximate surface area is 188 Å². The number of carbonyl (C=O) groups is 1.